The van der Waals surface area contributed by atoms with Crippen LogP contribution in [-0.2, 0) is 18.7 Å². The smallest absolute Gasteiger partial charge is 0.455 e. The first-order valence-corrected chi connectivity index (χ1v) is 21.4. The zero-order chi connectivity index (χ0) is 38.2. The van der Waals surface area contributed by atoms with E-state index in [-0.39, 0.29) is 34.8 Å². The van der Waals surface area contributed by atoms with Gasteiger partial charge >= 0.3 is 7.12 Å². The van der Waals surface area contributed by atoms with Crippen LogP contribution in [0.1, 0.15) is 65.4 Å². The number of hydrogen-bond acceptors (Lipinski definition) is 6. The average molecular weight is 742 g/mol. The fourth-order valence-electron chi connectivity index (χ4n) is 9.57. The van der Waals surface area contributed by atoms with Crippen molar-refractivity contribution in [3.63, 3.8) is 0 Å². The van der Waals surface area contributed by atoms with Gasteiger partial charge in [-0.25, -0.2) is 0 Å². The summed E-state index contributed by atoms with van der Waals surface area (Å²) in [4.78, 5) is 28.7. The summed E-state index contributed by atoms with van der Waals surface area (Å²) in [5.41, 5.74) is 4.35. The average Bonchev–Trinajstić information content (AvgIpc) is 3.38. The van der Waals surface area contributed by atoms with Crippen molar-refractivity contribution in [3.05, 3.63) is 119 Å². The second-order valence-corrected chi connectivity index (χ2v) is 20.6. The highest BCUT2D eigenvalue weighted by Gasteiger charge is 2.57. The number of carbonyl (C=O) groups is 2. The molecule has 4 aromatic rings. The lowest BCUT2D eigenvalue weighted by molar-refractivity contribution is -0.138. The Morgan fingerprint density at radius 2 is 1.52 bits per heavy atom. The number of likely N-dealkylation sites (tertiary alicyclic amines) is 1. The Bertz CT molecular complexity index is 2040. The number of imide groups is 1. The van der Waals surface area contributed by atoms with E-state index in [1.807, 2.05) is 42.5 Å². The first-order valence-electron chi connectivity index (χ1n) is 19.5. The van der Waals surface area contributed by atoms with Crippen molar-refractivity contribution in [2.45, 2.75) is 77.3 Å². The minimum absolute atomic E-state index is 0.154. The van der Waals surface area contributed by atoms with Crippen LogP contribution < -0.4 is 10.4 Å². The fraction of sp³-hybridized carbons (Fsp3) is 0.378. The third-order valence-corrected chi connectivity index (χ3v) is 17.0. The van der Waals surface area contributed by atoms with Crippen LogP contribution in [0.4, 0.5) is 0 Å². The number of nitrogens with zero attached hydrogens (tertiary/aromatic N) is 1. The molecule has 1 aliphatic carbocycles. The standard InChI is InChI=1S/C45H52BNO6Si/c1-6-15-30(26-31-23-24-39(48)36-21-14-13-20-35(31)36)22-25-40-41-32(27-37-42(38(41)28-46(51)53-40)44(50)47(5)43(37)49)29-52-54(45(2,3)4,33-16-9-7-10-17-33)34-18-11-8-12-19-34/h7-14,16-21,23-24,26,37-38,40,42,48,51H,6,15,22,25,27-29H2,1-5H3/b30-26+/t37-,38+,40-,42-/m1/s1. The monoisotopic (exact) mass is 741 g/mol. The van der Waals surface area contributed by atoms with Gasteiger partial charge in [-0.15, -0.1) is 0 Å². The number of allylic oxidation sites excluding steroid dienone is 1. The van der Waals surface area contributed by atoms with E-state index in [4.69, 9.17) is 9.08 Å². The molecule has 4 aromatic carbocycles. The van der Waals surface area contributed by atoms with E-state index in [0.717, 1.165) is 46.7 Å². The van der Waals surface area contributed by atoms with E-state index < -0.39 is 33.4 Å². The Hall–Kier alpha value is -4.28. The summed E-state index contributed by atoms with van der Waals surface area (Å²) in [5.74, 6) is -1.40. The third-order valence-electron chi connectivity index (χ3n) is 12.0. The molecule has 280 valence electrons. The number of aromatic hydroxyl groups is 1. The molecule has 2 amide bonds. The molecule has 0 spiro atoms. The molecule has 7 nitrogen and oxygen atoms in total. The highest BCUT2D eigenvalue weighted by molar-refractivity contribution is 6.99. The highest BCUT2D eigenvalue weighted by Crippen LogP contribution is 2.51. The summed E-state index contributed by atoms with van der Waals surface area (Å²) in [6, 6.07) is 32.7. The highest BCUT2D eigenvalue weighted by atomic mass is 28.4. The van der Waals surface area contributed by atoms with Crippen molar-refractivity contribution in [3.8, 4) is 5.75 Å². The lowest BCUT2D eigenvalue weighted by atomic mass is 9.58. The second-order valence-electron chi connectivity index (χ2n) is 16.3. The van der Waals surface area contributed by atoms with Crippen LogP contribution in [0.3, 0.4) is 0 Å². The molecule has 4 atom stereocenters. The Kier molecular flexibility index (Phi) is 10.9. The second kappa shape index (κ2) is 15.5. The summed E-state index contributed by atoms with van der Waals surface area (Å²) in [6.07, 6.45) is 5.67. The van der Waals surface area contributed by atoms with Crippen LogP contribution in [-0.4, -0.2) is 62.0 Å². The van der Waals surface area contributed by atoms with Crippen LogP contribution in [0.25, 0.3) is 16.8 Å². The summed E-state index contributed by atoms with van der Waals surface area (Å²) >= 11 is 0. The molecule has 2 heterocycles. The van der Waals surface area contributed by atoms with Crippen LogP contribution in [0.15, 0.2) is 114 Å². The van der Waals surface area contributed by atoms with Crippen molar-refractivity contribution < 1.29 is 28.8 Å². The molecule has 0 radical (unpaired) electrons. The number of rotatable bonds is 11. The molecular formula is C45H52BNO6Si. The van der Waals surface area contributed by atoms with E-state index in [2.05, 4.69) is 82.3 Å². The van der Waals surface area contributed by atoms with Gasteiger partial charge in [0.2, 0.25) is 11.8 Å². The van der Waals surface area contributed by atoms with E-state index in [0.29, 0.717) is 19.4 Å². The Balaban J connectivity index is 1.29. The normalized spacial score (nSPS) is 22.2. The maximum absolute atomic E-state index is 13.7. The fourth-order valence-corrected chi connectivity index (χ4v) is 14.1. The first kappa shape index (κ1) is 38.0. The lowest BCUT2D eigenvalue weighted by Crippen LogP contribution is -2.66. The van der Waals surface area contributed by atoms with Gasteiger partial charge in [0, 0.05) is 12.4 Å². The molecule has 7 rings (SSSR count). The molecule has 0 saturated carbocycles. The predicted octanol–water partition coefficient (Wildman–Crippen LogP) is 7.51. The SMILES string of the molecule is CCC/C(=C\c1ccc(O)c2ccccc12)CC[C@H]1OB(O)C[C@H]2C1=C(CO[Si](c1ccccc1)(c1ccccc1)C(C)(C)C)C[C@H]1C(=O)N(C)C(=O)[C@H]12. The maximum Gasteiger partial charge on any atom is 0.455 e. The topological polar surface area (TPSA) is 96.3 Å². The maximum atomic E-state index is 13.7. The lowest BCUT2D eigenvalue weighted by Gasteiger charge is -2.46. The van der Waals surface area contributed by atoms with Gasteiger partial charge in [0.15, 0.2) is 0 Å². The molecule has 0 aromatic heterocycles. The van der Waals surface area contributed by atoms with Crippen molar-refractivity contribution in [1.29, 1.82) is 0 Å². The van der Waals surface area contributed by atoms with Crippen molar-refractivity contribution in [2.24, 2.45) is 17.8 Å². The van der Waals surface area contributed by atoms with Crippen LogP contribution >= 0.6 is 0 Å². The van der Waals surface area contributed by atoms with E-state index >= 15 is 0 Å². The Morgan fingerprint density at radius 1 is 0.889 bits per heavy atom. The van der Waals surface area contributed by atoms with Gasteiger partial charge in [0.05, 0.1) is 24.5 Å². The molecule has 3 aliphatic rings. The molecule has 9 heteroatoms. The summed E-state index contributed by atoms with van der Waals surface area (Å²) in [6.45, 7) is 9.25. The predicted molar refractivity (Wildman–Crippen MR) is 219 cm³/mol. The van der Waals surface area contributed by atoms with Crippen molar-refractivity contribution in [2.75, 3.05) is 13.7 Å². The molecule has 0 bridgehead atoms. The number of hydrogen-bond donors (Lipinski definition) is 2. The zero-order valence-corrected chi connectivity index (χ0v) is 33.1. The molecule has 2 fully saturated rings. The van der Waals surface area contributed by atoms with Gasteiger partial charge in [-0.1, -0.05) is 137 Å². The van der Waals surface area contributed by atoms with Gasteiger partial charge in [-0.2, -0.15) is 0 Å². The molecule has 2 aliphatic heterocycles. The first-order chi connectivity index (χ1) is 25.9. The minimum Gasteiger partial charge on any atom is -0.507 e. The van der Waals surface area contributed by atoms with E-state index in [1.165, 1.54) is 20.8 Å². The number of carbonyl (C=O) groups excluding carboxylic acids is 2. The molecule has 2 N–H and O–H groups in total. The van der Waals surface area contributed by atoms with Crippen LogP contribution in [0, 0.1) is 17.8 Å². The van der Waals surface area contributed by atoms with Crippen LogP contribution in [0.2, 0.25) is 11.4 Å². The molecule has 2 saturated heterocycles. The van der Waals surface area contributed by atoms with Crippen LogP contribution in [0.5, 0.6) is 5.75 Å². The number of benzene rings is 4. The van der Waals surface area contributed by atoms with E-state index in [9.17, 15) is 19.7 Å². The van der Waals surface area contributed by atoms with Gasteiger partial charge in [0.1, 0.15) is 5.75 Å². The van der Waals surface area contributed by atoms with E-state index in [1.54, 1.807) is 13.1 Å². The summed E-state index contributed by atoms with van der Waals surface area (Å²) < 4.78 is 13.9. The molecule has 54 heavy (non-hydrogen) atoms. The number of amides is 2. The van der Waals surface area contributed by atoms with Gasteiger partial charge in [-0.3, -0.25) is 14.5 Å². The molecular weight excluding hydrogens is 689 g/mol. The number of phenolic OH excluding ortho intramolecular Hbond substituents is 1. The van der Waals surface area contributed by atoms with Crippen molar-refractivity contribution in [1.82, 2.24) is 4.90 Å². The Labute approximate surface area is 321 Å². The van der Waals surface area contributed by atoms with Gasteiger partial charge in [0.25, 0.3) is 8.32 Å². The zero-order valence-electron chi connectivity index (χ0n) is 32.1. The minimum atomic E-state index is -2.93. The van der Waals surface area contributed by atoms with Gasteiger partial charge in [-0.05, 0) is 81.5 Å². The van der Waals surface area contributed by atoms with Crippen molar-refractivity contribution >= 4 is 54.5 Å². The number of fused-ring (bicyclic) bond motifs is 4. The summed E-state index contributed by atoms with van der Waals surface area (Å²) in [7, 11) is -2.39. The van der Waals surface area contributed by atoms with Gasteiger partial charge < -0.3 is 19.2 Å². The largest absolute Gasteiger partial charge is 0.507 e. The molecule has 0 unspecified atom stereocenters. The Morgan fingerprint density at radius 3 is 2.15 bits per heavy atom. The number of phenols is 1. The third kappa shape index (κ3) is 6.92. The quantitative estimate of drug-likeness (QED) is 0.0939. The summed E-state index contributed by atoms with van der Waals surface area (Å²) in [5, 5.41) is 25.7.